The lowest BCUT2D eigenvalue weighted by atomic mass is 10.1. The molecule has 2 amide bonds. The molecule has 0 heterocycles. The third-order valence-electron chi connectivity index (χ3n) is 4.68. The third kappa shape index (κ3) is 13.3. The molecule has 0 saturated carbocycles. The van der Waals surface area contributed by atoms with Crippen molar-refractivity contribution in [2.24, 2.45) is 10.2 Å². The normalized spacial score (nSPS) is 12.5. The SMILES string of the molecule is C/C(=N\NC(=O)CCSCCC(=O)N/N=C(\C)c1ccc(OS(C)(=O)=O)cc1)c1ccc(OS(C)(=O)=O)cc1. The summed E-state index contributed by atoms with van der Waals surface area (Å²) < 4.78 is 54.2. The molecule has 0 unspecified atom stereocenters. The Labute approximate surface area is 232 Å². The van der Waals surface area contributed by atoms with Crippen molar-refractivity contribution in [1.82, 2.24) is 10.9 Å². The summed E-state index contributed by atoms with van der Waals surface area (Å²) in [7, 11) is -7.21. The smallest absolute Gasteiger partial charge is 0.306 e. The lowest BCUT2D eigenvalue weighted by Gasteiger charge is -2.06. The van der Waals surface area contributed by atoms with Gasteiger partial charge in [0.15, 0.2) is 0 Å². The van der Waals surface area contributed by atoms with Crippen molar-refractivity contribution in [1.29, 1.82) is 0 Å². The minimum atomic E-state index is -3.61. The number of amides is 2. The molecule has 2 aromatic carbocycles. The highest BCUT2D eigenvalue weighted by molar-refractivity contribution is 7.99. The zero-order valence-corrected chi connectivity index (χ0v) is 24.3. The van der Waals surface area contributed by atoms with Crippen LogP contribution in [0.1, 0.15) is 37.8 Å². The van der Waals surface area contributed by atoms with Crippen molar-refractivity contribution in [2.75, 3.05) is 24.0 Å². The van der Waals surface area contributed by atoms with Gasteiger partial charge in [-0.05, 0) is 73.5 Å². The second-order valence-corrected chi connectivity index (χ2v) is 12.6. The van der Waals surface area contributed by atoms with Gasteiger partial charge in [-0.1, -0.05) is 0 Å². The van der Waals surface area contributed by atoms with E-state index in [2.05, 4.69) is 21.1 Å². The van der Waals surface area contributed by atoms with E-state index in [0.717, 1.165) is 12.5 Å². The Morgan fingerprint density at radius 1 is 0.692 bits per heavy atom. The number of hydrogen-bond acceptors (Lipinski definition) is 11. The maximum absolute atomic E-state index is 12.0. The van der Waals surface area contributed by atoms with Crippen LogP contribution in [0.25, 0.3) is 0 Å². The van der Waals surface area contributed by atoms with Crippen LogP contribution in [0, 0.1) is 0 Å². The Kier molecular flexibility index (Phi) is 11.9. The predicted molar refractivity (Wildman–Crippen MR) is 151 cm³/mol. The fourth-order valence-electron chi connectivity index (χ4n) is 2.82. The summed E-state index contributed by atoms with van der Waals surface area (Å²) in [5.74, 6) is 0.789. The van der Waals surface area contributed by atoms with E-state index in [9.17, 15) is 26.4 Å². The minimum absolute atomic E-state index is 0.180. The molecule has 0 atom stereocenters. The molecule has 0 fully saturated rings. The van der Waals surface area contributed by atoms with Gasteiger partial charge in [0.1, 0.15) is 11.5 Å². The van der Waals surface area contributed by atoms with E-state index in [0.29, 0.717) is 34.1 Å². The number of rotatable bonds is 14. The van der Waals surface area contributed by atoms with Crippen LogP contribution in [0.4, 0.5) is 0 Å². The van der Waals surface area contributed by atoms with Crippen LogP contribution in [-0.4, -0.2) is 64.1 Å². The Bertz CT molecular complexity index is 1310. The molecule has 0 aliphatic carbocycles. The molecule has 0 aliphatic rings. The predicted octanol–water partition coefficient (Wildman–Crippen LogP) is 2.26. The second-order valence-electron chi connectivity index (χ2n) is 8.20. The average Bonchev–Trinajstić information content (AvgIpc) is 2.84. The molecular weight excluding hydrogens is 568 g/mol. The number of thioether (sulfide) groups is 1. The largest absolute Gasteiger partial charge is 0.383 e. The van der Waals surface area contributed by atoms with Gasteiger partial charge in [0.05, 0.1) is 23.9 Å². The average molecular weight is 599 g/mol. The monoisotopic (exact) mass is 598 g/mol. The maximum atomic E-state index is 12.0. The molecule has 0 saturated heterocycles. The first kappa shape index (κ1) is 31.8. The summed E-state index contributed by atoms with van der Waals surface area (Å²) in [4.78, 5) is 24.1. The Hall–Kier alpha value is -3.43. The van der Waals surface area contributed by atoms with Crippen molar-refractivity contribution in [2.45, 2.75) is 26.7 Å². The molecule has 2 aromatic rings. The molecular formula is C24H30N4O8S3. The van der Waals surface area contributed by atoms with E-state index in [-0.39, 0.29) is 36.2 Å². The van der Waals surface area contributed by atoms with Gasteiger partial charge in [0, 0.05) is 24.3 Å². The van der Waals surface area contributed by atoms with Gasteiger partial charge >= 0.3 is 20.2 Å². The van der Waals surface area contributed by atoms with Crippen LogP contribution in [0.2, 0.25) is 0 Å². The topological polar surface area (TPSA) is 170 Å². The van der Waals surface area contributed by atoms with Gasteiger partial charge in [-0.2, -0.15) is 38.8 Å². The number of nitrogens with one attached hydrogen (secondary N) is 2. The molecule has 12 nitrogen and oxygen atoms in total. The van der Waals surface area contributed by atoms with Gasteiger partial charge in [0.2, 0.25) is 11.8 Å². The van der Waals surface area contributed by atoms with Crippen molar-refractivity contribution in [3.8, 4) is 11.5 Å². The number of carbonyl (C=O) groups is 2. The number of carbonyl (C=O) groups excluding carboxylic acids is 2. The van der Waals surface area contributed by atoms with E-state index < -0.39 is 20.2 Å². The molecule has 39 heavy (non-hydrogen) atoms. The van der Waals surface area contributed by atoms with Crippen molar-refractivity contribution in [3.63, 3.8) is 0 Å². The van der Waals surface area contributed by atoms with Crippen LogP contribution < -0.4 is 19.2 Å². The first-order chi connectivity index (χ1) is 18.2. The third-order valence-corrected chi connectivity index (χ3v) is 6.66. The Morgan fingerprint density at radius 2 is 1.03 bits per heavy atom. The van der Waals surface area contributed by atoms with Crippen LogP contribution in [0.15, 0.2) is 58.7 Å². The van der Waals surface area contributed by atoms with Crippen LogP contribution in [0.3, 0.4) is 0 Å². The fraction of sp³-hybridized carbons (Fsp3) is 0.333. The quantitative estimate of drug-likeness (QED) is 0.143. The lowest BCUT2D eigenvalue weighted by Crippen LogP contribution is -2.20. The van der Waals surface area contributed by atoms with Gasteiger partial charge in [-0.3, -0.25) is 9.59 Å². The summed E-state index contributed by atoms with van der Waals surface area (Å²) in [6.07, 6.45) is 2.33. The van der Waals surface area contributed by atoms with E-state index in [1.165, 1.54) is 36.0 Å². The van der Waals surface area contributed by atoms with Gasteiger partial charge in [0.25, 0.3) is 0 Å². The first-order valence-electron chi connectivity index (χ1n) is 11.5. The van der Waals surface area contributed by atoms with E-state index in [4.69, 9.17) is 8.37 Å². The molecule has 212 valence electrons. The standard InChI is InChI=1S/C24H30N4O8S3/c1-17(19-5-9-21(10-6-19)35-38(3,31)32)25-27-23(29)13-15-37-16-14-24(30)28-26-18(2)20-7-11-22(12-8-20)36-39(4,33)34/h5-12H,13-16H2,1-4H3,(H,27,29)(H,28,30)/b25-17+,26-18+. The van der Waals surface area contributed by atoms with Gasteiger partial charge in [-0.15, -0.1) is 0 Å². The van der Waals surface area contributed by atoms with Crippen molar-refractivity contribution >= 4 is 55.2 Å². The Morgan fingerprint density at radius 3 is 1.33 bits per heavy atom. The molecule has 0 bridgehead atoms. The Balaban J connectivity index is 1.67. The maximum Gasteiger partial charge on any atom is 0.306 e. The molecule has 0 radical (unpaired) electrons. The van der Waals surface area contributed by atoms with Crippen molar-refractivity contribution in [3.05, 3.63) is 59.7 Å². The van der Waals surface area contributed by atoms with Crippen LogP contribution in [0.5, 0.6) is 11.5 Å². The zero-order valence-electron chi connectivity index (χ0n) is 21.8. The minimum Gasteiger partial charge on any atom is -0.383 e. The van der Waals surface area contributed by atoms with E-state index in [1.54, 1.807) is 38.1 Å². The fourth-order valence-corrected chi connectivity index (χ4v) is 4.60. The van der Waals surface area contributed by atoms with Crippen LogP contribution >= 0.6 is 11.8 Å². The summed E-state index contributed by atoms with van der Waals surface area (Å²) in [6, 6.07) is 12.5. The molecule has 2 rings (SSSR count). The van der Waals surface area contributed by atoms with Crippen molar-refractivity contribution < 1.29 is 34.8 Å². The van der Waals surface area contributed by atoms with E-state index in [1.807, 2.05) is 0 Å². The number of nitrogens with zero attached hydrogens (tertiary/aromatic N) is 2. The first-order valence-corrected chi connectivity index (χ1v) is 16.2. The summed E-state index contributed by atoms with van der Waals surface area (Å²) >= 11 is 1.44. The van der Waals surface area contributed by atoms with Crippen LogP contribution in [-0.2, 0) is 29.8 Å². The molecule has 15 heteroatoms. The summed E-state index contributed by atoms with van der Waals surface area (Å²) in [6.45, 7) is 3.40. The van der Waals surface area contributed by atoms with E-state index >= 15 is 0 Å². The zero-order chi connectivity index (χ0) is 29.1. The summed E-state index contributed by atoms with van der Waals surface area (Å²) in [5, 5.41) is 8.10. The summed E-state index contributed by atoms with van der Waals surface area (Å²) in [5.41, 5.74) is 7.38. The molecule has 0 aromatic heterocycles. The second kappa shape index (κ2) is 14.6. The lowest BCUT2D eigenvalue weighted by molar-refractivity contribution is -0.121. The molecule has 2 N–H and O–H groups in total. The van der Waals surface area contributed by atoms with Gasteiger partial charge in [-0.25, -0.2) is 10.9 Å². The molecule has 0 spiro atoms. The number of benzene rings is 2. The highest BCUT2D eigenvalue weighted by Crippen LogP contribution is 2.15. The van der Waals surface area contributed by atoms with Gasteiger partial charge < -0.3 is 8.37 Å². The number of hydrogen-bond donors (Lipinski definition) is 2. The highest BCUT2D eigenvalue weighted by Gasteiger charge is 2.08. The molecule has 0 aliphatic heterocycles. The highest BCUT2D eigenvalue weighted by atomic mass is 32.2. The number of hydrazone groups is 2.